The van der Waals surface area contributed by atoms with Gasteiger partial charge in [-0.25, -0.2) is 0 Å². The molecular formula is C24H22BrN3OS. The summed E-state index contributed by atoms with van der Waals surface area (Å²) in [5.74, 6) is 0.118. The molecule has 0 spiro atoms. The number of hydrogen-bond acceptors (Lipinski definition) is 4. The standard InChI is InChI=1S/C24H22BrN3OS/c1-2-6-22-23(29)28(16-19-9-5-8-18-7-3-4-10-21(18)19)24(30-22)27-26-15-17-11-13-20(25)14-12-17/h3-5,7-15,22H,2,6,16H2,1H3/b26-15-,27-24+/t22-/m1/s1. The Labute approximate surface area is 189 Å². The minimum Gasteiger partial charge on any atom is -0.284 e. The molecule has 1 aliphatic heterocycles. The summed E-state index contributed by atoms with van der Waals surface area (Å²) < 4.78 is 1.02. The molecule has 1 amide bonds. The molecule has 1 saturated heterocycles. The lowest BCUT2D eigenvalue weighted by Gasteiger charge is -2.17. The summed E-state index contributed by atoms with van der Waals surface area (Å²) in [6.45, 7) is 2.60. The Morgan fingerprint density at radius 2 is 1.83 bits per heavy atom. The van der Waals surface area contributed by atoms with E-state index in [0.29, 0.717) is 11.7 Å². The number of fused-ring (bicyclic) bond motifs is 1. The van der Waals surface area contributed by atoms with Gasteiger partial charge in [0.15, 0.2) is 5.17 Å². The zero-order chi connectivity index (χ0) is 20.9. The van der Waals surface area contributed by atoms with Crippen LogP contribution in [0.15, 0.2) is 81.4 Å². The van der Waals surface area contributed by atoms with E-state index in [1.54, 1.807) is 11.1 Å². The molecule has 0 bridgehead atoms. The molecule has 3 aromatic carbocycles. The van der Waals surface area contributed by atoms with Crippen LogP contribution in [0.2, 0.25) is 0 Å². The first-order valence-corrected chi connectivity index (χ1v) is 11.6. The molecule has 1 aliphatic rings. The molecule has 30 heavy (non-hydrogen) atoms. The fraction of sp³-hybridized carbons (Fsp3) is 0.208. The fourth-order valence-electron chi connectivity index (χ4n) is 3.47. The van der Waals surface area contributed by atoms with Gasteiger partial charge in [0.05, 0.1) is 18.0 Å². The molecule has 6 heteroatoms. The van der Waals surface area contributed by atoms with Gasteiger partial charge in [0.1, 0.15) is 0 Å². The van der Waals surface area contributed by atoms with Crippen LogP contribution >= 0.6 is 27.7 Å². The second-order valence-corrected chi connectivity index (χ2v) is 9.22. The summed E-state index contributed by atoms with van der Waals surface area (Å²) in [6.07, 6.45) is 3.51. The van der Waals surface area contributed by atoms with Crippen LogP contribution in [0.1, 0.15) is 30.9 Å². The lowest BCUT2D eigenvalue weighted by Crippen LogP contribution is -2.31. The zero-order valence-electron chi connectivity index (χ0n) is 16.7. The number of hydrogen-bond donors (Lipinski definition) is 0. The molecule has 3 aromatic rings. The van der Waals surface area contributed by atoms with Crippen LogP contribution in [0.25, 0.3) is 10.8 Å². The summed E-state index contributed by atoms with van der Waals surface area (Å²) >= 11 is 4.95. The first-order valence-electron chi connectivity index (χ1n) is 9.97. The minimum atomic E-state index is -0.0911. The average molecular weight is 480 g/mol. The number of thioether (sulfide) groups is 1. The topological polar surface area (TPSA) is 45.0 Å². The van der Waals surface area contributed by atoms with Crippen molar-refractivity contribution in [3.63, 3.8) is 0 Å². The zero-order valence-corrected chi connectivity index (χ0v) is 19.1. The smallest absolute Gasteiger partial charge is 0.242 e. The van der Waals surface area contributed by atoms with Crippen molar-refractivity contribution in [1.29, 1.82) is 0 Å². The Hall–Kier alpha value is -2.44. The Morgan fingerprint density at radius 1 is 1.07 bits per heavy atom. The van der Waals surface area contributed by atoms with Gasteiger partial charge in [-0.3, -0.25) is 9.69 Å². The number of amides is 1. The third kappa shape index (κ3) is 4.65. The monoisotopic (exact) mass is 479 g/mol. The number of nitrogens with zero attached hydrogens (tertiary/aromatic N) is 3. The summed E-state index contributed by atoms with van der Waals surface area (Å²) in [7, 11) is 0. The Balaban J connectivity index is 1.62. The predicted molar refractivity (Wildman–Crippen MR) is 130 cm³/mol. The highest BCUT2D eigenvalue weighted by atomic mass is 79.9. The van der Waals surface area contributed by atoms with Crippen molar-refractivity contribution in [3.05, 3.63) is 82.3 Å². The third-order valence-electron chi connectivity index (χ3n) is 5.00. The van der Waals surface area contributed by atoms with E-state index >= 15 is 0 Å². The SMILES string of the molecule is CCC[C@H]1S/C(=N/N=C\c2ccc(Br)cc2)N(Cc2cccc3ccccc23)C1=O. The maximum Gasteiger partial charge on any atom is 0.242 e. The Bertz CT molecular complexity index is 1110. The molecule has 0 aromatic heterocycles. The molecule has 0 unspecified atom stereocenters. The lowest BCUT2D eigenvalue weighted by atomic mass is 10.0. The van der Waals surface area contributed by atoms with Gasteiger partial charge in [0.25, 0.3) is 0 Å². The molecule has 4 rings (SSSR count). The molecule has 152 valence electrons. The number of amidine groups is 1. The van der Waals surface area contributed by atoms with Crippen molar-refractivity contribution in [2.45, 2.75) is 31.6 Å². The van der Waals surface area contributed by atoms with Gasteiger partial charge < -0.3 is 0 Å². The number of carbonyl (C=O) groups is 1. The molecule has 0 aliphatic carbocycles. The van der Waals surface area contributed by atoms with Crippen molar-refractivity contribution in [2.24, 2.45) is 10.2 Å². The van der Waals surface area contributed by atoms with Crippen molar-refractivity contribution < 1.29 is 4.79 Å². The molecular weight excluding hydrogens is 458 g/mol. The van der Waals surface area contributed by atoms with Crippen molar-refractivity contribution in [1.82, 2.24) is 4.90 Å². The highest BCUT2D eigenvalue weighted by Gasteiger charge is 2.37. The van der Waals surface area contributed by atoms with Gasteiger partial charge in [0, 0.05) is 4.47 Å². The van der Waals surface area contributed by atoms with Crippen LogP contribution in [0, 0.1) is 0 Å². The summed E-state index contributed by atoms with van der Waals surface area (Å²) in [6, 6.07) is 22.3. The van der Waals surface area contributed by atoms with Gasteiger partial charge in [-0.15, -0.1) is 5.10 Å². The van der Waals surface area contributed by atoms with E-state index in [-0.39, 0.29) is 11.2 Å². The molecule has 0 radical (unpaired) electrons. The lowest BCUT2D eigenvalue weighted by molar-refractivity contribution is -0.126. The Kier molecular flexibility index (Phi) is 6.65. The number of carbonyl (C=O) groups excluding carboxylic acids is 1. The number of benzene rings is 3. The second-order valence-electron chi connectivity index (χ2n) is 7.14. The van der Waals surface area contributed by atoms with E-state index in [1.807, 2.05) is 42.5 Å². The van der Waals surface area contributed by atoms with E-state index in [9.17, 15) is 4.79 Å². The van der Waals surface area contributed by atoms with E-state index in [4.69, 9.17) is 0 Å². The maximum atomic E-state index is 13.1. The van der Waals surface area contributed by atoms with Crippen LogP contribution in [0.3, 0.4) is 0 Å². The van der Waals surface area contributed by atoms with E-state index < -0.39 is 0 Å². The summed E-state index contributed by atoms with van der Waals surface area (Å²) in [5, 5.41) is 11.6. The molecule has 0 saturated carbocycles. The van der Waals surface area contributed by atoms with Gasteiger partial charge in [-0.2, -0.15) is 5.10 Å². The molecule has 4 nitrogen and oxygen atoms in total. The third-order valence-corrected chi connectivity index (χ3v) is 6.76. The number of halogens is 1. The maximum absolute atomic E-state index is 13.1. The summed E-state index contributed by atoms with van der Waals surface area (Å²) in [5.41, 5.74) is 2.08. The molecule has 1 fully saturated rings. The second kappa shape index (κ2) is 9.58. The van der Waals surface area contributed by atoms with Crippen LogP contribution < -0.4 is 0 Å². The van der Waals surface area contributed by atoms with Crippen molar-refractivity contribution in [3.8, 4) is 0 Å². The van der Waals surface area contributed by atoms with Crippen LogP contribution in [-0.2, 0) is 11.3 Å². The Morgan fingerprint density at radius 3 is 2.63 bits per heavy atom. The number of rotatable bonds is 6. The summed E-state index contributed by atoms with van der Waals surface area (Å²) in [4.78, 5) is 14.9. The van der Waals surface area contributed by atoms with E-state index in [2.05, 4.69) is 57.3 Å². The van der Waals surface area contributed by atoms with Gasteiger partial charge in [-0.1, -0.05) is 95.6 Å². The van der Waals surface area contributed by atoms with Gasteiger partial charge in [-0.05, 0) is 40.5 Å². The molecule has 1 heterocycles. The van der Waals surface area contributed by atoms with Crippen LogP contribution in [-0.4, -0.2) is 27.4 Å². The van der Waals surface area contributed by atoms with E-state index in [1.165, 1.54) is 17.1 Å². The molecule has 1 atom stereocenters. The van der Waals surface area contributed by atoms with Gasteiger partial charge >= 0.3 is 0 Å². The normalized spacial score (nSPS) is 18.2. The largest absolute Gasteiger partial charge is 0.284 e. The average Bonchev–Trinajstić information content (AvgIpc) is 3.05. The van der Waals surface area contributed by atoms with Gasteiger partial charge in [0.2, 0.25) is 5.91 Å². The quantitative estimate of drug-likeness (QED) is 0.310. The van der Waals surface area contributed by atoms with Crippen LogP contribution in [0.4, 0.5) is 0 Å². The van der Waals surface area contributed by atoms with Crippen molar-refractivity contribution >= 4 is 55.8 Å². The minimum absolute atomic E-state index is 0.0911. The first-order chi connectivity index (χ1) is 14.7. The highest BCUT2D eigenvalue weighted by molar-refractivity contribution is 9.10. The predicted octanol–water partition coefficient (Wildman–Crippen LogP) is 6.24. The molecule has 0 N–H and O–H groups in total. The van der Waals surface area contributed by atoms with Crippen molar-refractivity contribution in [2.75, 3.05) is 0 Å². The fourth-order valence-corrected chi connectivity index (χ4v) is 4.95. The first kappa shape index (κ1) is 20.8. The highest BCUT2D eigenvalue weighted by Crippen LogP contribution is 2.32. The van der Waals surface area contributed by atoms with E-state index in [0.717, 1.165) is 33.8 Å². The van der Waals surface area contributed by atoms with Crippen LogP contribution in [0.5, 0.6) is 0 Å².